The average Bonchev–Trinajstić information content (AvgIpc) is 3.00. The first kappa shape index (κ1) is 20.6. The molecule has 2 rings (SSSR count). The standard InChI is InChI=1S/C18H28F2N4OS/c1-18(2,3)26(25)11-9-22-17(21-4)23-13-8-10-24(12-13)16-14(19)6-5-7-15(16)20/h5-7,13H,8-12H2,1-4H3,(H2,21,22,23). The van der Waals surface area contributed by atoms with E-state index in [-0.39, 0.29) is 16.5 Å². The topological polar surface area (TPSA) is 56.7 Å². The Bertz CT molecular complexity index is 655. The molecule has 0 spiro atoms. The molecule has 0 saturated carbocycles. The number of hydrogen-bond donors (Lipinski definition) is 2. The maximum Gasteiger partial charge on any atom is 0.191 e. The van der Waals surface area contributed by atoms with Crippen LogP contribution in [0.25, 0.3) is 0 Å². The second-order valence-electron chi connectivity index (χ2n) is 7.31. The summed E-state index contributed by atoms with van der Waals surface area (Å²) in [4.78, 5) is 5.88. The molecular formula is C18H28F2N4OS. The van der Waals surface area contributed by atoms with Crippen LogP contribution in [0.3, 0.4) is 0 Å². The third kappa shape index (κ3) is 5.40. The second kappa shape index (κ2) is 8.79. The van der Waals surface area contributed by atoms with Gasteiger partial charge in [0.25, 0.3) is 0 Å². The van der Waals surface area contributed by atoms with E-state index >= 15 is 0 Å². The molecule has 0 aromatic heterocycles. The van der Waals surface area contributed by atoms with Gasteiger partial charge in [-0.15, -0.1) is 0 Å². The number of para-hydroxylation sites is 1. The minimum Gasteiger partial charge on any atom is -0.365 e. The SMILES string of the molecule is CN=C(NCCS(=O)C(C)(C)C)NC1CCN(c2c(F)cccc2F)C1. The van der Waals surface area contributed by atoms with E-state index in [2.05, 4.69) is 15.6 Å². The Morgan fingerprint density at radius 2 is 2.00 bits per heavy atom. The van der Waals surface area contributed by atoms with Crippen LogP contribution in [0.2, 0.25) is 0 Å². The molecule has 5 nitrogen and oxygen atoms in total. The van der Waals surface area contributed by atoms with E-state index in [9.17, 15) is 13.0 Å². The van der Waals surface area contributed by atoms with Crippen LogP contribution in [0.1, 0.15) is 27.2 Å². The second-order valence-corrected chi connectivity index (χ2v) is 9.63. The molecule has 1 aliphatic heterocycles. The number of guanidine groups is 1. The Kier molecular flexibility index (Phi) is 6.97. The molecule has 0 radical (unpaired) electrons. The monoisotopic (exact) mass is 386 g/mol. The van der Waals surface area contributed by atoms with Crippen molar-refractivity contribution in [1.29, 1.82) is 0 Å². The van der Waals surface area contributed by atoms with Crippen LogP contribution in [0.5, 0.6) is 0 Å². The van der Waals surface area contributed by atoms with Gasteiger partial charge in [-0.3, -0.25) is 9.20 Å². The molecule has 26 heavy (non-hydrogen) atoms. The van der Waals surface area contributed by atoms with E-state index in [1.165, 1.54) is 18.2 Å². The van der Waals surface area contributed by atoms with E-state index in [4.69, 9.17) is 0 Å². The van der Waals surface area contributed by atoms with E-state index in [1.54, 1.807) is 11.9 Å². The largest absolute Gasteiger partial charge is 0.365 e. The van der Waals surface area contributed by atoms with Gasteiger partial charge in [-0.25, -0.2) is 8.78 Å². The first-order valence-electron chi connectivity index (χ1n) is 8.77. The Morgan fingerprint density at radius 3 is 2.58 bits per heavy atom. The molecule has 2 N–H and O–H groups in total. The number of rotatable bonds is 5. The van der Waals surface area contributed by atoms with Gasteiger partial charge in [0.05, 0.1) is 0 Å². The predicted octanol–water partition coefficient (Wildman–Crippen LogP) is 2.26. The van der Waals surface area contributed by atoms with Gasteiger partial charge < -0.3 is 15.5 Å². The molecule has 1 aliphatic rings. The van der Waals surface area contributed by atoms with Gasteiger partial charge in [-0.1, -0.05) is 6.07 Å². The fraction of sp³-hybridized carbons (Fsp3) is 0.611. The number of nitrogens with one attached hydrogen (secondary N) is 2. The highest BCUT2D eigenvalue weighted by atomic mass is 32.2. The lowest BCUT2D eigenvalue weighted by Gasteiger charge is -2.22. The van der Waals surface area contributed by atoms with Crippen molar-refractivity contribution in [3.05, 3.63) is 29.8 Å². The summed E-state index contributed by atoms with van der Waals surface area (Å²) in [5.74, 6) is 0.0499. The first-order chi connectivity index (χ1) is 12.2. The van der Waals surface area contributed by atoms with Crippen molar-refractivity contribution in [1.82, 2.24) is 10.6 Å². The summed E-state index contributed by atoms with van der Waals surface area (Å²) in [6.45, 7) is 7.45. The van der Waals surface area contributed by atoms with E-state index in [1.807, 2.05) is 20.8 Å². The highest BCUT2D eigenvalue weighted by molar-refractivity contribution is 7.86. The normalized spacial score (nSPS) is 19.5. The number of aliphatic imine (C=N–C) groups is 1. The molecule has 1 fully saturated rings. The van der Waals surface area contributed by atoms with Crippen LogP contribution < -0.4 is 15.5 Å². The summed E-state index contributed by atoms with van der Waals surface area (Å²) in [7, 11) is 0.734. The molecule has 1 saturated heterocycles. The van der Waals surface area contributed by atoms with Gasteiger partial charge in [-0.2, -0.15) is 0 Å². The zero-order chi connectivity index (χ0) is 19.3. The van der Waals surface area contributed by atoms with Crippen molar-refractivity contribution in [3.8, 4) is 0 Å². The molecule has 0 bridgehead atoms. The molecule has 146 valence electrons. The summed E-state index contributed by atoms with van der Waals surface area (Å²) in [6, 6.07) is 3.95. The lowest BCUT2D eigenvalue weighted by atomic mass is 10.2. The molecule has 2 atom stereocenters. The van der Waals surface area contributed by atoms with Crippen LogP contribution in [-0.4, -0.2) is 53.4 Å². The summed E-state index contributed by atoms with van der Waals surface area (Å²) < 4.78 is 39.7. The molecular weight excluding hydrogens is 358 g/mol. The summed E-state index contributed by atoms with van der Waals surface area (Å²) in [6.07, 6.45) is 0.752. The molecule has 1 heterocycles. The van der Waals surface area contributed by atoms with Crippen LogP contribution in [-0.2, 0) is 10.8 Å². The number of halogens is 2. The highest BCUT2D eigenvalue weighted by Crippen LogP contribution is 2.26. The lowest BCUT2D eigenvalue weighted by molar-refractivity contribution is 0.576. The van der Waals surface area contributed by atoms with Crippen LogP contribution in [0, 0.1) is 11.6 Å². The predicted molar refractivity (Wildman–Crippen MR) is 104 cm³/mol. The third-order valence-electron chi connectivity index (χ3n) is 4.27. The van der Waals surface area contributed by atoms with Gasteiger partial charge >= 0.3 is 0 Å². The Labute approximate surface area is 156 Å². The Balaban J connectivity index is 1.86. The molecule has 1 aromatic rings. The highest BCUT2D eigenvalue weighted by Gasteiger charge is 2.27. The number of hydrogen-bond acceptors (Lipinski definition) is 3. The third-order valence-corrected chi connectivity index (χ3v) is 6.21. The smallest absolute Gasteiger partial charge is 0.191 e. The lowest BCUT2D eigenvalue weighted by Crippen LogP contribution is -2.46. The van der Waals surface area contributed by atoms with Crippen molar-refractivity contribution in [3.63, 3.8) is 0 Å². The van der Waals surface area contributed by atoms with Crippen LogP contribution in [0.4, 0.5) is 14.5 Å². The van der Waals surface area contributed by atoms with Gasteiger partial charge in [-0.05, 0) is 39.3 Å². The molecule has 1 aromatic carbocycles. The van der Waals surface area contributed by atoms with Crippen molar-refractivity contribution in [2.24, 2.45) is 4.99 Å². The van der Waals surface area contributed by atoms with Crippen molar-refractivity contribution in [2.75, 3.05) is 37.3 Å². The number of anilines is 1. The number of nitrogens with zero attached hydrogens (tertiary/aromatic N) is 2. The minimum atomic E-state index is -0.932. The van der Waals surface area contributed by atoms with Crippen molar-refractivity contribution in [2.45, 2.75) is 38.0 Å². The summed E-state index contributed by atoms with van der Waals surface area (Å²) in [5, 5.41) is 6.43. The number of benzene rings is 1. The average molecular weight is 387 g/mol. The zero-order valence-corrected chi connectivity index (χ0v) is 16.6. The van der Waals surface area contributed by atoms with Crippen LogP contribution >= 0.6 is 0 Å². The zero-order valence-electron chi connectivity index (χ0n) is 15.8. The van der Waals surface area contributed by atoms with E-state index < -0.39 is 22.4 Å². The quantitative estimate of drug-likeness (QED) is 0.602. The maximum atomic E-state index is 13.9. The first-order valence-corrected chi connectivity index (χ1v) is 10.1. The van der Waals surface area contributed by atoms with Crippen molar-refractivity contribution < 1.29 is 13.0 Å². The Hall–Kier alpha value is -1.70. The van der Waals surface area contributed by atoms with Gasteiger partial charge in [0.2, 0.25) is 0 Å². The molecule has 8 heteroatoms. The molecule has 0 aliphatic carbocycles. The molecule has 0 amide bonds. The van der Waals surface area contributed by atoms with Crippen molar-refractivity contribution >= 4 is 22.4 Å². The summed E-state index contributed by atoms with van der Waals surface area (Å²) in [5.41, 5.74) is 0.0281. The maximum absolute atomic E-state index is 13.9. The summed E-state index contributed by atoms with van der Waals surface area (Å²) >= 11 is 0. The van der Waals surface area contributed by atoms with Gasteiger partial charge in [0.1, 0.15) is 17.3 Å². The Morgan fingerprint density at radius 1 is 1.35 bits per heavy atom. The molecule has 2 unspecified atom stereocenters. The van der Waals surface area contributed by atoms with E-state index in [0.717, 1.165) is 6.42 Å². The fourth-order valence-electron chi connectivity index (χ4n) is 2.83. The van der Waals surface area contributed by atoms with E-state index in [0.29, 0.717) is 31.3 Å². The van der Waals surface area contributed by atoms with Crippen LogP contribution in [0.15, 0.2) is 23.2 Å². The fourth-order valence-corrected chi connectivity index (χ4v) is 3.73. The minimum absolute atomic E-state index is 0.0281. The van der Waals surface area contributed by atoms with Gasteiger partial charge in [0.15, 0.2) is 5.96 Å². The van der Waals surface area contributed by atoms with Gasteiger partial charge in [0, 0.05) is 54.0 Å².